The van der Waals surface area contributed by atoms with Crippen molar-refractivity contribution in [2.75, 3.05) is 19.6 Å². The van der Waals surface area contributed by atoms with E-state index in [1.54, 1.807) is 12.1 Å². The van der Waals surface area contributed by atoms with Crippen molar-refractivity contribution in [2.45, 2.75) is 61.9 Å². The monoisotopic (exact) mass is 424 g/mol. The number of aromatic nitrogens is 2. The molecule has 1 aromatic heterocycles. The number of hydrogen-bond acceptors (Lipinski definition) is 5. The van der Waals surface area contributed by atoms with Crippen molar-refractivity contribution in [3.63, 3.8) is 0 Å². The van der Waals surface area contributed by atoms with Gasteiger partial charge in [-0.15, -0.1) is 0 Å². The second-order valence-corrected chi connectivity index (χ2v) is 9.88. The van der Waals surface area contributed by atoms with Gasteiger partial charge < -0.3 is 9.88 Å². The highest BCUT2D eigenvalue weighted by Crippen LogP contribution is 2.31. The first-order chi connectivity index (χ1) is 13.4. The largest absolute Gasteiger partial charge is 0.355 e. The van der Waals surface area contributed by atoms with Crippen molar-refractivity contribution in [3.8, 4) is 0 Å². The Hall–Kier alpha value is -1.58. The molecule has 1 aliphatic rings. The van der Waals surface area contributed by atoms with Gasteiger partial charge in [-0.2, -0.15) is 4.31 Å². The van der Waals surface area contributed by atoms with Crippen molar-refractivity contribution in [1.82, 2.24) is 19.2 Å². The smallest absolute Gasteiger partial charge is 0.243 e. The molecule has 0 bridgehead atoms. The van der Waals surface area contributed by atoms with Crippen LogP contribution in [0.2, 0.25) is 0 Å². The highest BCUT2D eigenvalue weighted by atomic mass is 32.2. The van der Waals surface area contributed by atoms with Crippen LogP contribution in [-0.4, -0.2) is 53.1 Å². The number of carbonyl (C=O) groups excluding carboxylic acids is 1. The maximum atomic E-state index is 12.8. The summed E-state index contributed by atoms with van der Waals surface area (Å²) in [6, 6.07) is 5.11. The minimum atomic E-state index is -3.53. The predicted molar refractivity (Wildman–Crippen MR) is 112 cm³/mol. The minimum Gasteiger partial charge on any atom is -0.355 e. The third-order valence-corrected chi connectivity index (χ3v) is 8.38. The van der Waals surface area contributed by atoms with Crippen molar-refractivity contribution in [1.29, 1.82) is 0 Å². The van der Waals surface area contributed by atoms with Gasteiger partial charge in [0.2, 0.25) is 15.9 Å². The molecule has 28 heavy (non-hydrogen) atoms. The number of rotatable bonds is 7. The molecule has 7 nitrogen and oxygen atoms in total. The average Bonchev–Trinajstić information content (AvgIpc) is 2.90. The van der Waals surface area contributed by atoms with Crippen molar-refractivity contribution >= 4 is 38.7 Å². The number of benzene rings is 1. The van der Waals surface area contributed by atoms with Gasteiger partial charge in [-0.3, -0.25) is 4.79 Å². The fourth-order valence-corrected chi connectivity index (χ4v) is 6.22. The van der Waals surface area contributed by atoms with Gasteiger partial charge in [0.1, 0.15) is 0 Å². The number of aryl methyl sites for hydroxylation is 1. The van der Waals surface area contributed by atoms with E-state index < -0.39 is 10.0 Å². The number of imidazole rings is 1. The molecule has 1 N–H and O–H groups in total. The van der Waals surface area contributed by atoms with Gasteiger partial charge in [-0.25, -0.2) is 13.4 Å². The van der Waals surface area contributed by atoms with E-state index in [0.717, 1.165) is 36.5 Å². The van der Waals surface area contributed by atoms with Gasteiger partial charge in [0.25, 0.3) is 0 Å². The lowest BCUT2D eigenvalue weighted by molar-refractivity contribution is -0.120. The molecule has 2 heterocycles. The molecule has 0 aliphatic carbocycles. The number of nitrogens with one attached hydrogen (secondary N) is 1. The van der Waals surface area contributed by atoms with Crippen molar-refractivity contribution in [2.24, 2.45) is 0 Å². The number of hydrogen-bond donors (Lipinski definition) is 1. The molecule has 3 rings (SSSR count). The lowest BCUT2D eigenvalue weighted by Gasteiger charge is -2.18. The van der Waals surface area contributed by atoms with Gasteiger partial charge >= 0.3 is 0 Å². The Balaban J connectivity index is 1.98. The highest BCUT2D eigenvalue weighted by Gasteiger charge is 2.26. The Morgan fingerprint density at radius 3 is 2.68 bits per heavy atom. The van der Waals surface area contributed by atoms with Crippen LogP contribution >= 0.6 is 11.8 Å². The second-order valence-electron chi connectivity index (χ2n) is 6.77. The summed E-state index contributed by atoms with van der Waals surface area (Å²) >= 11 is 1.47. The maximum Gasteiger partial charge on any atom is 0.243 e. The first-order valence-electron chi connectivity index (χ1n) is 9.87. The first kappa shape index (κ1) is 21.1. The Morgan fingerprint density at radius 1 is 1.25 bits per heavy atom. The SMILES string of the molecule is CCN(CC)S(=O)(=O)c1ccc2c(c1)nc(SC1CCCCNC1=O)n2CC. The topological polar surface area (TPSA) is 84.3 Å². The van der Waals surface area contributed by atoms with Crippen LogP contribution in [0.1, 0.15) is 40.0 Å². The quantitative estimate of drug-likeness (QED) is 0.739. The molecular weight excluding hydrogens is 396 g/mol. The molecule has 1 atom stereocenters. The van der Waals surface area contributed by atoms with E-state index in [1.807, 2.05) is 31.4 Å². The fourth-order valence-electron chi connectivity index (χ4n) is 3.51. The number of carbonyl (C=O) groups is 1. The summed E-state index contributed by atoms with van der Waals surface area (Å²) in [5.74, 6) is 0.0574. The molecule has 0 spiro atoms. The van der Waals surface area contributed by atoms with Crippen LogP contribution in [0.5, 0.6) is 0 Å². The summed E-state index contributed by atoms with van der Waals surface area (Å²) in [5.41, 5.74) is 1.53. The van der Waals surface area contributed by atoms with Crippen molar-refractivity contribution < 1.29 is 13.2 Å². The van der Waals surface area contributed by atoms with E-state index in [1.165, 1.54) is 16.1 Å². The molecule has 1 aromatic carbocycles. The molecule has 9 heteroatoms. The zero-order valence-corrected chi connectivity index (χ0v) is 18.3. The first-order valence-corrected chi connectivity index (χ1v) is 12.2. The second kappa shape index (κ2) is 8.84. The van der Waals surface area contributed by atoms with E-state index in [9.17, 15) is 13.2 Å². The van der Waals surface area contributed by atoms with Crippen LogP contribution in [0.15, 0.2) is 28.3 Å². The van der Waals surface area contributed by atoms with Gasteiger partial charge in [0.15, 0.2) is 5.16 Å². The van der Waals surface area contributed by atoms with Gasteiger partial charge in [-0.05, 0) is 38.0 Å². The number of sulfonamides is 1. The van der Waals surface area contributed by atoms with Crippen LogP contribution in [0.25, 0.3) is 11.0 Å². The summed E-state index contributed by atoms with van der Waals surface area (Å²) in [6.45, 7) is 7.98. The van der Waals surface area contributed by atoms with Crippen LogP contribution in [0, 0.1) is 0 Å². The average molecular weight is 425 g/mol. The lowest BCUT2D eigenvalue weighted by Crippen LogP contribution is -2.30. The normalized spacial score (nSPS) is 18.4. The minimum absolute atomic E-state index is 0.0574. The molecule has 154 valence electrons. The fraction of sp³-hybridized carbons (Fsp3) is 0.579. The number of fused-ring (bicyclic) bond motifs is 1. The van der Waals surface area contributed by atoms with E-state index in [2.05, 4.69) is 5.32 Å². The van der Waals surface area contributed by atoms with Gasteiger partial charge in [-0.1, -0.05) is 32.0 Å². The third-order valence-electron chi connectivity index (χ3n) is 5.08. The van der Waals surface area contributed by atoms with Crippen LogP contribution in [0.4, 0.5) is 0 Å². The van der Waals surface area contributed by atoms with E-state index in [0.29, 0.717) is 25.2 Å². The maximum absolute atomic E-state index is 12.8. The Labute approximate surface area is 170 Å². The Morgan fingerprint density at radius 2 is 2.00 bits per heavy atom. The summed E-state index contributed by atoms with van der Waals surface area (Å²) < 4.78 is 29.1. The zero-order chi connectivity index (χ0) is 20.3. The Kier molecular flexibility index (Phi) is 6.67. The summed E-state index contributed by atoms with van der Waals surface area (Å²) in [6.07, 6.45) is 2.83. The number of amides is 1. The van der Waals surface area contributed by atoms with Crippen LogP contribution in [0.3, 0.4) is 0 Å². The molecule has 2 aromatic rings. The van der Waals surface area contributed by atoms with E-state index >= 15 is 0 Å². The predicted octanol–water partition coefficient (Wildman–Crippen LogP) is 2.85. The molecular formula is C19H28N4O3S2. The lowest BCUT2D eigenvalue weighted by atomic mass is 10.2. The number of thioether (sulfide) groups is 1. The molecule has 1 amide bonds. The summed E-state index contributed by atoms with van der Waals surface area (Å²) in [5, 5.41) is 3.56. The third kappa shape index (κ3) is 4.06. The van der Waals surface area contributed by atoms with Crippen molar-refractivity contribution in [3.05, 3.63) is 18.2 Å². The zero-order valence-electron chi connectivity index (χ0n) is 16.6. The molecule has 0 saturated carbocycles. The molecule has 1 unspecified atom stereocenters. The number of nitrogens with zero attached hydrogens (tertiary/aromatic N) is 3. The standard InChI is InChI=1S/C19H28N4O3S2/c1-4-22(5-2)28(25,26)14-10-11-16-15(13-14)21-19(23(16)6-3)27-17-9-7-8-12-20-18(17)24/h10-11,13,17H,4-9,12H2,1-3H3,(H,20,24). The van der Waals surface area contributed by atoms with Crippen LogP contribution < -0.4 is 5.32 Å². The molecule has 1 fully saturated rings. The highest BCUT2D eigenvalue weighted by molar-refractivity contribution is 8.00. The molecule has 1 aliphatic heterocycles. The summed E-state index contributed by atoms with van der Waals surface area (Å²) in [4.78, 5) is 17.3. The van der Waals surface area contributed by atoms with Gasteiger partial charge in [0.05, 0.1) is 21.2 Å². The van der Waals surface area contributed by atoms with E-state index in [-0.39, 0.29) is 16.1 Å². The molecule has 0 radical (unpaired) electrons. The summed E-state index contributed by atoms with van der Waals surface area (Å²) in [7, 11) is -3.53. The van der Waals surface area contributed by atoms with Gasteiger partial charge in [0, 0.05) is 26.2 Å². The van der Waals surface area contributed by atoms with Crippen LogP contribution in [-0.2, 0) is 21.4 Å². The molecule has 1 saturated heterocycles. The Bertz CT molecular complexity index is 951. The van der Waals surface area contributed by atoms with E-state index in [4.69, 9.17) is 4.98 Å².